The van der Waals surface area contributed by atoms with E-state index in [1.807, 2.05) is 12.3 Å². The van der Waals surface area contributed by atoms with Crippen molar-refractivity contribution in [3.63, 3.8) is 0 Å². The monoisotopic (exact) mass is 614 g/mol. The zero-order chi connectivity index (χ0) is 31.8. The maximum Gasteiger partial charge on any atom is 0.203 e. The molecule has 3 heterocycles. The molecule has 1 atom stereocenters. The molecule has 10 rings (SSSR count). The van der Waals surface area contributed by atoms with E-state index in [9.17, 15) is 0 Å². The van der Waals surface area contributed by atoms with Crippen LogP contribution in [0.5, 0.6) is 0 Å². The summed E-state index contributed by atoms with van der Waals surface area (Å²) >= 11 is 0. The Labute approximate surface area is 278 Å². The van der Waals surface area contributed by atoms with Crippen LogP contribution in [0.2, 0.25) is 0 Å². The number of nitrogens with zero attached hydrogens (tertiary/aromatic N) is 4. The Kier molecular flexibility index (Phi) is 5.82. The summed E-state index contributed by atoms with van der Waals surface area (Å²) in [7, 11) is 2.17. The van der Waals surface area contributed by atoms with Crippen LogP contribution in [0.15, 0.2) is 163 Å². The van der Waals surface area contributed by atoms with Gasteiger partial charge in [0.2, 0.25) is 6.29 Å². The predicted octanol–water partition coefficient (Wildman–Crippen LogP) is 10.6. The molecule has 2 aliphatic heterocycles. The van der Waals surface area contributed by atoms with Crippen LogP contribution in [0, 0.1) is 0 Å². The van der Waals surface area contributed by atoms with E-state index in [1.54, 1.807) is 0 Å². The molecule has 0 N–H and O–H groups in total. The Morgan fingerprint density at radius 3 is 2.06 bits per heavy atom. The summed E-state index contributed by atoms with van der Waals surface area (Å²) in [6, 6.07) is 54.5. The van der Waals surface area contributed by atoms with Crippen LogP contribution >= 0.6 is 0 Å². The van der Waals surface area contributed by atoms with Gasteiger partial charge in [0, 0.05) is 57.3 Å². The lowest BCUT2D eigenvalue weighted by Gasteiger charge is -2.44. The van der Waals surface area contributed by atoms with Crippen molar-refractivity contribution >= 4 is 55.2 Å². The summed E-state index contributed by atoms with van der Waals surface area (Å²) in [6.07, 6.45) is 1.55. The average molecular weight is 615 g/mol. The standard InChI is InChI=1S/C44H30N4/c1-47-38-19-5-4-16-37(38)42(32-23-21-29(22-24-32)33-17-7-13-31-14-9-27-45-41(31)33)46-44(47)48-39-20-8-12-30-11-6-18-35(40(30)39)36-26-25-28-10-2-3-15-34(28)43(36)48/h2-27,44H,1H3. The van der Waals surface area contributed by atoms with E-state index in [0.29, 0.717) is 0 Å². The van der Waals surface area contributed by atoms with Gasteiger partial charge in [-0.25, -0.2) is 4.99 Å². The zero-order valence-electron chi connectivity index (χ0n) is 26.4. The number of para-hydroxylation sites is 2. The van der Waals surface area contributed by atoms with Gasteiger partial charge in [-0.15, -0.1) is 0 Å². The number of aliphatic imine (C=N–C) groups is 1. The minimum absolute atomic E-state index is 0.319. The summed E-state index contributed by atoms with van der Waals surface area (Å²) in [6.45, 7) is 0. The van der Waals surface area contributed by atoms with E-state index < -0.39 is 0 Å². The fourth-order valence-corrected chi connectivity index (χ4v) is 7.82. The van der Waals surface area contributed by atoms with E-state index in [-0.39, 0.29) is 6.29 Å². The topological polar surface area (TPSA) is 31.7 Å². The largest absolute Gasteiger partial charge is 0.335 e. The second-order valence-electron chi connectivity index (χ2n) is 12.6. The van der Waals surface area contributed by atoms with E-state index >= 15 is 0 Å². The lowest BCUT2D eigenvalue weighted by molar-refractivity contribution is 0.662. The highest BCUT2D eigenvalue weighted by Crippen LogP contribution is 2.52. The Balaban J connectivity index is 1.19. The molecule has 2 aliphatic rings. The SMILES string of the molecule is CN1c2ccccc2C(c2ccc(-c3cccc4cccnc34)cc2)=NC1N1c2c(ccc3ccccc23)-c2cccc3cccc1c23. The molecule has 8 aromatic rings. The van der Waals surface area contributed by atoms with Crippen LogP contribution in [0.3, 0.4) is 0 Å². The third kappa shape index (κ3) is 3.90. The van der Waals surface area contributed by atoms with Gasteiger partial charge in [0.1, 0.15) is 0 Å². The van der Waals surface area contributed by atoms with Crippen molar-refractivity contribution in [1.82, 2.24) is 4.98 Å². The van der Waals surface area contributed by atoms with Crippen LogP contribution < -0.4 is 9.80 Å². The van der Waals surface area contributed by atoms with Gasteiger partial charge in [0.25, 0.3) is 0 Å². The van der Waals surface area contributed by atoms with Gasteiger partial charge < -0.3 is 4.90 Å². The van der Waals surface area contributed by atoms with Crippen molar-refractivity contribution in [2.75, 3.05) is 16.8 Å². The molecule has 0 bridgehead atoms. The Bertz CT molecular complexity index is 2590. The molecule has 0 saturated carbocycles. The molecule has 7 aromatic carbocycles. The van der Waals surface area contributed by atoms with Crippen LogP contribution in [0.4, 0.5) is 17.1 Å². The summed E-state index contributed by atoms with van der Waals surface area (Å²) in [5.74, 6) is 0. The first-order chi connectivity index (χ1) is 23.7. The molecule has 1 unspecified atom stereocenters. The number of hydrogen-bond acceptors (Lipinski definition) is 4. The third-order valence-corrected chi connectivity index (χ3v) is 10.0. The molecule has 0 amide bonds. The van der Waals surface area contributed by atoms with Crippen molar-refractivity contribution in [1.29, 1.82) is 0 Å². The molecule has 0 saturated heterocycles. The molecule has 4 nitrogen and oxygen atoms in total. The highest BCUT2D eigenvalue weighted by atomic mass is 15.4. The highest BCUT2D eigenvalue weighted by molar-refractivity contribution is 6.20. The summed E-state index contributed by atoms with van der Waals surface area (Å²) in [5, 5.41) is 6.07. The third-order valence-electron chi connectivity index (χ3n) is 10.0. The molecular formula is C44H30N4. The Morgan fingerprint density at radius 2 is 1.17 bits per heavy atom. The van der Waals surface area contributed by atoms with Gasteiger partial charge in [0.15, 0.2) is 0 Å². The van der Waals surface area contributed by atoms with Gasteiger partial charge in [-0.1, -0.05) is 133 Å². The molecule has 226 valence electrons. The highest BCUT2D eigenvalue weighted by Gasteiger charge is 2.36. The first-order valence-corrected chi connectivity index (χ1v) is 16.4. The molecule has 0 fully saturated rings. The summed E-state index contributed by atoms with van der Waals surface area (Å²) in [5.41, 5.74) is 12.5. The van der Waals surface area contributed by atoms with Crippen molar-refractivity contribution in [2.45, 2.75) is 6.29 Å². The number of benzene rings is 7. The van der Waals surface area contributed by atoms with Crippen molar-refractivity contribution in [3.8, 4) is 22.3 Å². The molecule has 48 heavy (non-hydrogen) atoms. The van der Waals surface area contributed by atoms with E-state index in [4.69, 9.17) is 9.98 Å². The van der Waals surface area contributed by atoms with Crippen LogP contribution in [0.25, 0.3) is 54.7 Å². The van der Waals surface area contributed by atoms with Crippen molar-refractivity contribution in [3.05, 3.63) is 169 Å². The minimum Gasteiger partial charge on any atom is -0.335 e. The van der Waals surface area contributed by atoms with Crippen LogP contribution in [-0.2, 0) is 0 Å². The van der Waals surface area contributed by atoms with E-state index in [1.165, 1.54) is 44.0 Å². The second kappa shape index (κ2) is 10.4. The van der Waals surface area contributed by atoms with Gasteiger partial charge >= 0.3 is 0 Å². The van der Waals surface area contributed by atoms with Crippen LogP contribution in [0.1, 0.15) is 11.1 Å². The smallest absolute Gasteiger partial charge is 0.203 e. The molecule has 0 spiro atoms. The maximum atomic E-state index is 5.67. The lowest BCUT2D eigenvalue weighted by Crippen LogP contribution is -2.47. The van der Waals surface area contributed by atoms with Gasteiger partial charge in [-0.3, -0.25) is 9.88 Å². The Morgan fingerprint density at radius 1 is 0.500 bits per heavy atom. The number of aromatic nitrogens is 1. The van der Waals surface area contributed by atoms with E-state index in [2.05, 4.69) is 162 Å². The number of rotatable bonds is 3. The zero-order valence-corrected chi connectivity index (χ0v) is 26.4. The van der Waals surface area contributed by atoms with E-state index in [0.717, 1.165) is 44.6 Å². The molecule has 4 heteroatoms. The summed E-state index contributed by atoms with van der Waals surface area (Å²) in [4.78, 5) is 15.2. The van der Waals surface area contributed by atoms with Gasteiger partial charge in [-0.2, -0.15) is 0 Å². The molecular weight excluding hydrogens is 585 g/mol. The Hall–Kier alpha value is -6.26. The maximum absolute atomic E-state index is 5.67. The van der Waals surface area contributed by atoms with Crippen molar-refractivity contribution < 1.29 is 0 Å². The molecule has 1 aromatic heterocycles. The van der Waals surface area contributed by atoms with Crippen LogP contribution in [-0.4, -0.2) is 24.0 Å². The lowest BCUT2D eigenvalue weighted by atomic mass is 9.88. The fraction of sp³-hybridized carbons (Fsp3) is 0.0455. The first kappa shape index (κ1) is 26.9. The number of anilines is 3. The number of fused-ring (bicyclic) bond motifs is 6. The first-order valence-electron chi connectivity index (χ1n) is 16.4. The summed E-state index contributed by atoms with van der Waals surface area (Å²) < 4.78 is 0. The van der Waals surface area contributed by atoms with Crippen molar-refractivity contribution in [2.24, 2.45) is 4.99 Å². The molecule has 0 aliphatic carbocycles. The fourth-order valence-electron chi connectivity index (χ4n) is 7.82. The quantitative estimate of drug-likeness (QED) is 0.198. The normalized spacial score (nSPS) is 15.0. The van der Waals surface area contributed by atoms with Gasteiger partial charge in [0.05, 0.1) is 22.6 Å². The van der Waals surface area contributed by atoms with Gasteiger partial charge in [-0.05, 0) is 40.1 Å². The predicted molar refractivity (Wildman–Crippen MR) is 200 cm³/mol. The minimum atomic E-state index is -0.319. The average Bonchev–Trinajstić information content (AvgIpc) is 3.15. The number of hydrogen-bond donors (Lipinski definition) is 0. The number of pyridine rings is 1. The second-order valence-corrected chi connectivity index (χ2v) is 12.6. The molecule has 0 radical (unpaired) electrons.